The topological polar surface area (TPSA) is 33.3 Å². The van der Waals surface area contributed by atoms with Gasteiger partial charge in [0, 0.05) is 13.2 Å². The van der Waals surface area contributed by atoms with Gasteiger partial charge in [0.1, 0.15) is 0 Å². The lowest BCUT2D eigenvalue weighted by atomic mass is 10.0. The van der Waals surface area contributed by atoms with Gasteiger partial charge in [-0.05, 0) is 51.7 Å². The zero-order valence-corrected chi connectivity index (χ0v) is 11.1. The van der Waals surface area contributed by atoms with E-state index in [0.717, 1.165) is 38.7 Å². The number of rotatable bonds is 8. The van der Waals surface area contributed by atoms with Gasteiger partial charge in [-0.2, -0.15) is 0 Å². The third-order valence-electron chi connectivity index (χ3n) is 3.06. The Morgan fingerprint density at radius 3 is 2.62 bits per heavy atom. The molecule has 96 valence electrons. The third kappa shape index (κ3) is 5.83. The molecule has 1 aliphatic rings. The van der Waals surface area contributed by atoms with Gasteiger partial charge in [0.25, 0.3) is 0 Å². The first-order valence-electron chi connectivity index (χ1n) is 6.68. The highest BCUT2D eigenvalue weighted by molar-refractivity contribution is 4.82. The molecule has 0 aromatic rings. The fourth-order valence-electron chi connectivity index (χ4n) is 2.06. The molecule has 0 amide bonds. The lowest BCUT2D eigenvalue weighted by molar-refractivity contribution is 0.0210. The van der Waals surface area contributed by atoms with Crippen molar-refractivity contribution in [3.8, 4) is 0 Å². The van der Waals surface area contributed by atoms with Gasteiger partial charge in [-0.1, -0.05) is 13.8 Å². The summed E-state index contributed by atoms with van der Waals surface area (Å²) in [5.74, 6) is 0.749. The monoisotopic (exact) mass is 228 g/mol. The molecule has 0 saturated carbocycles. The van der Waals surface area contributed by atoms with Crippen LogP contribution in [0.3, 0.4) is 0 Å². The van der Waals surface area contributed by atoms with Crippen LogP contribution < -0.4 is 10.6 Å². The van der Waals surface area contributed by atoms with Crippen LogP contribution in [0.1, 0.15) is 40.0 Å². The van der Waals surface area contributed by atoms with Crippen molar-refractivity contribution in [2.75, 3.05) is 32.8 Å². The second-order valence-electron chi connectivity index (χ2n) is 5.53. The molecule has 3 heteroatoms. The van der Waals surface area contributed by atoms with Gasteiger partial charge in [-0.25, -0.2) is 0 Å². The predicted octanol–water partition coefficient (Wildman–Crippen LogP) is 1.78. The zero-order valence-electron chi connectivity index (χ0n) is 11.1. The molecule has 16 heavy (non-hydrogen) atoms. The van der Waals surface area contributed by atoms with E-state index in [1.807, 2.05) is 0 Å². The van der Waals surface area contributed by atoms with Crippen LogP contribution in [0, 0.1) is 5.92 Å². The number of hydrogen-bond donors (Lipinski definition) is 2. The maximum atomic E-state index is 5.72. The van der Waals surface area contributed by atoms with Crippen molar-refractivity contribution in [1.82, 2.24) is 10.6 Å². The first-order valence-corrected chi connectivity index (χ1v) is 6.68. The van der Waals surface area contributed by atoms with Crippen molar-refractivity contribution in [2.24, 2.45) is 5.92 Å². The van der Waals surface area contributed by atoms with E-state index in [2.05, 4.69) is 31.4 Å². The van der Waals surface area contributed by atoms with Gasteiger partial charge in [-0.3, -0.25) is 0 Å². The van der Waals surface area contributed by atoms with E-state index in [0.29, 0.717) is 0 Å². The summed E-state index contributed by atoms with van der Waals surface area (Å²) < 4.78 is 5.72. The average molecular weight is 228 g/mol. The molecular weight excluding hydrogens is 200 g/mol. The van der Waals surface area contributed by atoms with Crippen molar-refractivity contribution in [1.29, 1.82) is 0 Å². The largest absolute Gasteiger partial charge is 0.374 e. The summed E-state index contributed by atoms with van der Waals surface area (Å²) in [6.45, 7) is 12.0. The van der Waals surface area contributed by atoms with E-state index in [1.54, 1.807) is 0 Å². The molecular formula is C13H28N2O. The zero-order chi connectivity index (χ0) is 11.9. The fraction of sp³-hybridized carbons (Fsp3) is 1.00. The Balaban J connectivity index is 1.88. The highest BCUT2D eigenvalue weighted by Gasteiger charge is 2.28. The molecule has 1 aliphatic heterocycles. The van der Waals surface area contributed by atoms with Gasteiger partial charge in [-0.15, -0.1) is 0 Å². The summed E-state index contributed by atoms with van der Waals surface area (Å²) in [5, 5.41) is 6.94. The van der Waals surface area contributed by atoms with Crippen LogP contribution in [0.2, 0.25) is 0 Å². The minimum Gasteiger partial charge on any atom is -0.374 e. The minimum absolute atomic E-state index is 0.103. The molecule has 1 unspecified atom stereocenters. The van der Waals surface area contributed by atoms with E-state index in [4.69, 9.17) is 4.74 Å². The molecule has 0 aromatic carbocycles. The van der Waals surface area contributed by atoms with Gasteiger partial charge in [0.2, 0.25) is 0 Å². The Labute approximate surface area is 100 Å². The highest BCUT2D eigenvalue weighted by atomic mass is 16.5. The van der Waals surface area contributed by atoms with E-state index >= 15 is 0 Å². The van der Waals surface area contributed by atoms with Crippen molar-refractivity contribution < 1.29 is 4.74 Å². The second kappa shape index (κ2) is 7.25. The molecule has 0 spiro atoms. The van der Waals surface area contributed by atoms with Crippen LogP contribution in [-0.2, 0) is 4.74 Å². The van der Waals surface area contributed by atoms with Crippen LogP contribution in [0.4, 0.5) is 0 Å². The number of hydrogen-bond acceptors (Lipinski definition) is 3. The lowest BCUT2D eigenvalue weighted by Crippen LogP contribution is -2.38. The van der Waals surface area contributed by atoms with Crippen molar-refractivity contribution in [3.63, 3.8) is 0 Å². The molecule has 1 fully saturated rings. The Morgan fingerprint density at radius 1 is 1.25 bits per heavy atom. The Morgan fingerprint density at radius 2 is 2.00 bits per heavy atom. The molecule has 1 saturated heterocycles. The maximum Gasteiger partial charge on any atom is 0.0779 e. The van der Waals surface area contributed by atoms with Gasteiger partial charge in [0.05, 0.1) is 5.60 Å². The predicted molar refractivity (Wildman–Crippen MR) is 68.8 cm³/mol. The number of ether oxygens (including phenoxy) is 1. The molecule has 0 radical (unpaired) electrons. The number of nitrogens with one attached hydrogen (secondary N) is 2. The van der Waals surface area contributed by atoms with E-state index in [1.165, 1.54) is 19.3 Å². The summed E-state index contributed by atoms with van der Waals surface area (Å²) in [7, 11) is 0. The van der Waals surface area contributed by atoms with Crippen molar-refractivity contribution >= 4 is 0 Å². The smallest absolute Gasteiger partial charge is 0.0779 e. The Bertz CT molecular complexity index is 177. The summed E-state index contributed by atoms with van der Waals surface area (Å²) in [4.78, 5) is 0. The van der Waals surface area contributed by atoms with E-state index in [-0.39, 0.29) is 5.60 Å². The van der Waals surface area contributed by atoms with Gasteiger partial charge in [0.15, 0.2) is 0 Å². The Hall–Kier alpha value is -0.120. The molecule has 0 bridgehead atoms. The second-order valence-corrected chi connectivity index (χ2v) is 5.53. The summed E-state index contributed by atoms with van der Waals surface area (Å²) in [6, 6.07) is 0. The molecule has 3 nitrogen and oxygen atoms in total. The molecule has 2 N–H and O–H groups in total. The first kappa shape index (κ1) is 13.9. The maximum absolute atomic E-state index is 5.72. The molecule has 0 aliphatic carbocycles. The Kier molecular flexibility index (Phi) is 6.32. The normalized spacial score (nSPS) is 25.5. The average Bonchev–Trinajstić information content (AvgIpc) is 2.64. The highest BCUT2D eigenvalue weighted by Crippen LogP contribution is 2.23. The van der Waals surface area contributed by atoms with Crippen LogP contribution in [-0.4, -0.2) is 38.4 Å². The van der Waals surface area contributed by atoms with Crippen LogP contribution in [0.5, 0.6) is 0 Å². The van der Waals surface area contributed by atoms with Crippen LogP contribution in [0.25, 0.3) is 0 Å². The van der Waals surface area contributed by atoms with E-state index < -0.39 is 0 Å². The quantitative estimate of drug-likeness (QED) is 0.621. The molecule has 0 aromatic heterocycles. The fourth-order valence-corrected chi connectivity index (χ4v) is 2.06. The summed E-state index contributed by atoms with van der Waals surface area (Å²) in [6.07, 6.45) is 3.61. The van der Waals surface area contributed by atoms with Gasteiger partial charge < -0.3 is 15.4 Å². The summed E-state index contributed by atoms with van der Waals surface area (Å²) >= 11 is 0. The minimum atomic E-state index is 0.103. The standard InChI is InChI=1S/C13H28N2O/c1-12(2)10-14-7-5-8-15-11-13(3)6-4-9-16-13/h12,14-15H,4-11H2,1-3H3. The van der Waals surface area contributed by atoms with Crippen molar-refractivity contribution in [3.05, 3.63) is 0 Å². The van der Waals surface area contributed by atoms with Crippen LogP contribution >= 0.6 is 0 Å². The van der Waals surface area contributed by atoms with Crippen molar-refractivity contribution in [2.45, 2.75) is 45.6 Å². The third-order valence-corrected chi connectivity index (χ3v) is 3.06. The molecule has 1 atom stereocenters. The van der Waals surface area contributed by atoms with Gasteiger partial charge >= 0.3 is 0 Å². The van der Waals surface area contributed by atoms with E-state index in [9.17, 15) is 0 Å². The molecule has 1 rings (SSSR count). The lowest BCUT2D eigenvalue weighted by Gasteiger charge is -2.23. The molecule has 1 heterocycles. The summed E-state index contributed by atoms with van der Waals surface area (Å²) in [5.41, 5.74) is 0.103. The first-order chi connectivity index (χ1) is 7.62. The van der Waals surface area contributed by atoms with Crippen LogP contribution in [0.15, 0.2) is 0 Å². The SMILES string of the molecule is CC(C)CNCCCNCC1(C)CCCO1.